The quantitative estimate of drug-likeness (QED) is 0.557. The maximum Gasteiger partial charge on any atom is 0.308 e. The van der Waals surface area contributed by atoms with Gasteiger partial charge in [0, 0.05) is 24.8 Å². The highest BCUT2D eigenvalue weighted by Crippen LogP contribution is 2.35. The normalized spacial score (nSPS) is 22.7. The molecule has 0 aliphatic heterocycles. The number of carbonyl (C=O) groups excluding carboxylic acids is 1. The summed E-state index contributed by atoms with van der Waals surface area (Å²) in [6, 6.07) is 1.79. The molecule has 0 heterocycles. The van der Waals surface area contributed by atoms with Crippen molar-refractivity contribution in [3.63, 3.8) is 0 Å². The molecule has 0 unspecified atom stereocenters. The minimum Gasteiger partial charge on any atom is -0.426 e. The van der Waals surface area contributed by atoms with E-state index in [0.717, 1.165) is 26.0 Å². The van der Waals surface area contributed by atoms with Crippen molar-refractivity contribution in [1.29, 1.82) is 0 Å². The Morgan fingerprint density at radius 3 is 2.39 bits per heavy atom. The number of hydrogen-bond donors (Lipinski definition) is 0. The van der Waals surface area contributed by atoms with E-state index >= 15 is 0 Å². The van der Waals surface area contributed by atoms with E-state index in [1.165, 1.54) is 13.8 Å². The van der Waals surface area contributed by atoms with Crippen LogP contribution in [0.5, 0.6) is 5.75 Å². The lowest BCUT2D eigenvalue weighted by Gasteiger charge is -2.26. The van der Waals surface area contributed by atoms with Crippen LogP contribution in [-0.4, -0.2) is 5.97 Å². The second kappa shape index (κ2) is 4.75. The van der Waals surface area contributed by atoms with Gasteiger partial charge in [0.25, 0.3) is 0 Å². The minimum absolute atomic E-state index is 0.0446. The highest BCUT2D eigenvalue weighted by atomic mass is 16.5. The van der Waals surface area contributed by atoms with Crippen molar-refractivity contribution in [3.05, 3.63) is 29.3 Å². The molecule has 0 saturated heterocycles. The SMILES string of the molecule is [2H]c1cc(C(C)(C)C([2H])([2H])[2H])cc(C(C)(C([2H])([2H])[2H])C([2H])([2H])[2H])c1OC(C)=O. The van der Waals surface area contributed by atoms with Gasteiger partial charge in [-0.3, -0.25) is 4.79 Å². The molecule has 0 spiro atoms. The minimum atomic E-state index is -3.07. The molecule has 1 rings (SSSR count). The van der Waals surface area contributed by atoms with E-state index in [-0.39, 0.29) is 5.56 Å². The Morgan fingerprint density at radius 1 is 1.28 bits per heavy atom. The van der Waals surface area contributed by atoms with Crippen LogP contribution < -0.4 is 4.74 Å². The summed E-state index contributed by atoms with van der Waals surface area (Å²) in [5, 5.41) is 0. The lowest BCUT2D eigenvalue weighted by Crippen LogP contribution is -2.18. The van der Waals surface area contributed by atoms with Crippen molar-refractivity contribution in [2.45, 2.75) is 59.1 Å². The van der Waals surface area contributed by atoms with Gasteiger partial charge in [-0.1, -0.05) is 53.5 Å². The second-order valence-corrected chi connectivity index (χ2v) is 4.97. The average molecular weight is 258 g/mol. The summed E-state index contributed by atoms with van der Waals surface area (Å²) >= 11 is 0. The van der Waals surface area contributed by atoms with Crippen molar-refractivity contribution < 1.29 is 23.2 Å². The molecule has 2 heteroatoms. The number of rotatable bonds is 1. The van der Waals surface area contributed by atoms with Crippen LogP contribution in [-0.2, 0) is 15.6 Å². The van der Waals surface area contributed by atoms with Crippen LogP contribution in [0.1, 0.15) is 73.1 Å². The summed E-state index contributed by atoms with van der Waals surface area (Å²) in [7, 11) is 0. The van der Waals surface area contributed by atoms with Crippen molar-refractivity contribution in [3.8, 4) is 5.75 Å². The standard InChI is InChI=1S/C16H24O2/c1-11(17)18-14-9-8-12(15(2,3)4)10-13(14)16(5,6)7/h8-10H,1-7H3/i2D3,5D3,6D3,9D. The van der Waals surface area contributed by atoms with E-state index < -0.39 is 54.7 Å². The van der Waals surface area contributed by atoms with Crippen molar-refractivity contribution in [2.24, 2.45) is 0 Å². The third-order valence-electron chi connectivity index (χ3n) is 2.41. The Hall–Kier alpha value is -1.31. The first-order chi connectivity index (χ1) is 12.2. The fourth-order valence-electron chi connectivity index (χ4n) is 1.44. The maximum absolute atomic E-state index is 11.5. The fraction of sp³-hybridized carbons (Fsp3) is 0.562. The highest BCUT2D eigenvalue weighted by molar-refractivity contribution is 5.70. The van der Waals surface area contributed by atoms with Crippen LogP contribution in [0.4, 0.5) is 0 Å². The van der Waals surface area contributed by atoms with Crippen LogP contribution in [0.25, 0.3) is 0 Å². The molecule has 18 heavy (non-hydrogen) atoms. The Labute approximate surface area is 124 Å². The molecule has 0 aliphatic carbocycles. The van der Waals surface area contributed by atoms with E-state index in [4.69, 9.17) is 18.4 Å². The Bertz CT molecular complexity index is 742. The zero-order chi connectivity index (χ0) is 22.5. The van der Waals surface area contributed by atoms with E-state index in [2.05, 4.69) is 0 Å². The number of benzene rings is 1. The smallest absolute Gasteiger partial charge is 0.308 e. The number of carbonyl (C=O) groups is 1. The largest absolute Gasteiger partial charge is 0.426 e. The second-order valence-electron chi connectivity index (χ2n) is 4.97. The molecule has 0 aliphatic rings. The highest BCUT2D eigenvalue weighted by Gasteiger charge is 2.23. The van der Waals surface area contributed by atoms with Crippen molar-refractivity contribution in [2.75, 3.05) is 0 Å². The monoisotopic (exact) mass is 258 g/mol. The van der Waals surface area contributed by atoms with E-state index in [0.29, 0.717) is 0 Å². The van der Waals surface area contributed by atoms with Crippen LogP contribution in [0.15, 0.2) is 18.2 Å². The molecule has 1 aromatic carbocycles. The number of hydrogen-bond acceptors (Lipinski definition) is 2. The molecule has 1 aromatic rings. The summed E-state index contributed by atoms with van der Waals surface area (Å²) in [5.41, 5.74) is -4.41. The molecule has 0 fully saturated rings. The van der Waals surface area contributed by atoms with Gasteiger partial charge in [0.2, 0.25) is 0 Å². The maximum atomic E-state index is 11.5. The van der Waals surface area contributed by atoms with E-state index in [1.54, 1.807) is 0 Å². The zero-order valence-electron chi connectivity index (χ0n) is 21.0. The van der Waals surface area contributed by atoms with E-state index in [9.17, 15) is 4.79 Å². The lowest BCUT2D eigenvalue weighted by atomic mass is 9.80. The first kappa shape index (κ1) is 5.77. The summed E-state index contributed by atoms with van der Waals surface area (Å²) in [4.78, 5) is 11.5. The molecule has 0 N–H and O–H groups in total. The number of ether oxygens (including phenoxy) is 1. The third kappa shape index (κ3) is 3.59. The third-order valence-corrected chi connectivity index (χ3v) is 2.41. The average Bonchev–Trinajstić information content (AvgIpc) is 2.44. The predicted molar refractivity (Wildman–Crippen MR) is 75.2 cm³/mol. The van der Waals surface area contributed by atoms with Crippen molar-refractivity contribution in [1.82, 2.24) is 0 Å². The first-order valence-electron chi connectivity index (χ1n) is 10.5. The van der Waals surface area contributed by atoms with Crippen molar-refractivity contribution >= 4 is 5.97 Å². The molecule has 100 valence electrons. The van der Waals surface area contributed by atoms with Gasteiger partial charge < -0.3 is 4.74 Å². The van der Waals surface area contributed by atoms with Crippen LogP contribution in [0.2, 0.25) is 0 Å². The van der Waals surface area contributed by atoms with Crippen LogP contribution >= 0.6 is 0 Å². The van der Waals surface area contributed by atoms with Gasteiger partial charge in [0.05, 0.1) is 1.37 Å². The topological polar surface area (TPSA) is 26.3 Å². The molecule has 2 nitrogen and oxygen atoms in total. The van der Waals surface area contributed by atoms with Gasteiger partial charge in [-0.25, -0.2) is 0 Å². The van der Waals surface area contributed by atoms with Crippen LogP contribution in [0.3, 0.4) is 0 Å². The van der Waals surface area contributed by atoms with Gasteiger partial charge in [-0.2, -0.15) is 0 Å². The molecule has 0 atom stereocenters. The van der Waals surface area contributed by atoms with Gasteiger partial charge >= 0.3 is 5.97 Å². The van der Waals surface area contributed by atoms with Crippen LogP contribution in [0, 0.1) is 0 Å². The summed E-state index contributed by atoms with van der Waals surface area (Å²) < 4.78 is 83.5. The fourth-order valence-corrected chi connectivity index (χ4v) is 1.44. The molecular formula is C16H24O2. The summed E-state index contributed by atoms with van der Waals surface area (Å²) in [5.74, 6) is -1.37. The summed E-state index contributed by atoms with van der Waals surface area (Å²) in [6.45, 7) is -3.88. The van der Waals surface area contributed by atoms with Gasteiger partial charge in [0.15, 0.2) is 0 Å². The summed E-state index contributed by atoms with van der Waals surface area (Å²) in [6.07, 6.45) is 0. The van der Waals surface area contributed by atoms with Gasteiger partial charge in [-0.05, 0) is 22.4 Å². The molecule has 0 amide bonds. The Balaban J connectivity index is 4.06. The van der Waals surface area contributed by atoms with Gasteiger partial charge in [0.1, 0.15) is 5.75 Å². The molecular weight excluding hydrogens is 224 g/mol. The predicted octanol–water partition coefficient (Wildman–Crippen LogP) is 4.21. The molecule has 0 saturated carbocycles. The Kier molecular flexibility index (Phi) is 1.52. The first-order valence-corrected chi connectivity index (χ1v) is 5.52. The van der Waals surface area contributed by atoms with E-state index in [1.807, 2.05) is 0 Å². The molecule has 0 bridgehead atoms. The number of esters is 1. The molecule has 0 radical (unpaired) electrons. The lowest BCUT2D eigenvalue weighted by molar-refractivity contribution is -0.131. The zero-order valence-corrected chi connectivity index (χ0v) is 11.0. The Morgan fingerprint density at radius 2 is 1.89 bits per heavy atom. The molecule has 0 aromatic heterocycles. The van der Waals surface area contributed by atoms with Gasteiger partial charge in [-0.15, -0.1) is 0 Å².